The summed E-state index contributed by atoms with van der Waals surface area (Å²) in [7, 11) is 0. The highest BCUT2D eigenvalue weighted by atomic mass is 32.2. The zero-order valence-corrected chi connectivity index (χ0v) is 16.2. The first-order valence-corrected chi connectivity index (χ1v) is 9.70. The molecule has 28 heavy (non-hydrogen) atoms. The molecule has 7 heteroatoms. The SMILES string of the molecule is Cc1ccccc1-c1nnc(SC(C)C(=O)Nc2cccc3ncccc23)o1. The minimum absolute atomic E-state index is 0.142. The summed E-state index contributed by atoms with van der Waals surface area (Å²) >= 11 is 1.23. The first-order chi connectivity index (χ1) is 13.6. The molecule has 1 unspecified atom stereocenters. The fourth-order valence-electron chi connectivity index (χ4n) is 2.83. The Bertz CT molecular complexity index is 1140. The summed E-state index contributed by atoms with van der Waals surface area (Å²) in [5.74, 6) is 0.310. The lowest BCUT2D eigenvalue weighted by Crippen LogP contribution is -2.22. The van der Waals surface area contributed by atoms with Crippen LogP contribution in [-0.2, 0) is 4.79 Å². The summed E-state index contributed by atoms with van der Waals surface area (Å²) in [5.41, 5.74) is 3.51. The average molecular weight is 390 g/mol. The predicted molar refractivity (Wildman–Crippen MR) is 110 cm³/mol. The zero-order chi connectivity index (χ0) is 19.5. The summed E-state index contributed by atoms with van der Waals surface area (Å²) in [6.07, 6.45) is 1.73. The van der Waals surface area contributed by atoms with Crippen LogP contribution >= 0.6 is 11.8 Å². The third kappa shape index (κ3) is 3.75. The van der Waals surface area contributed by atoms with Crippen molar-refractivity contribution in [2.75, 3.05) is 5.32 Å². The van der Waals surface area contributed by atoms with Crippen LogP contribution in [0.4, 0.5) is 5.69 Å². The third-order valence-electron chi connectivity index (χ3n) is 4.33. The molecule has 0 bridgehead atoms. The number of pyridine rings is 1. The van der Waals surface area contributed by atoms with Crippen molar-refractivity contribution in [1.82, 2.24) is 15.2 Å². The molecule has 0 fully saturated rings. The molecule has 0 aliphatic heterocycles. The van der Waals surface area contributed by atoms with Gasteiger partial charge < -0.3 is 9.73 Å². The molecule has 1 atom stereocenters. The molecule has 0 saturated heterocycles. The van der Waals surface area contributed by atoms with Gasteiger partial charge in [-0.05, 0) is 49.7 Å². The van der Waals surface area contributed by atoms with Crippen LogP contribution in [0.3, 0.4) is 0 Å². The van der Waals surface area contributed by atoms with Gasteiger partial charge in [-0.25, -0.2) is 0 Å². The van der Waals surface area contributed by atoms with Crippen molar-refractivity contribution in [1.29, 1.82) is 0 Å². The maximum Gasteiger partial charge on any atom is 0.277 e. The maximum atomic E-state index is 12.6. The Kier molecular flexibility index (Phi) is 5.08. The van der Waals surface area contributed by atoms with E-state index in [4.69, 9.17) is 4.42 Å². The monoisotopic (exact) mass is 390 g/mol. The first-order valence-electron chi connectivity index (χ1n) is 8.82. The fourth-order valence-corrected chi connectivity index (χ4v) is 3.51. The van der Waals surface area contributed by atoms with Crippen LogP contribution in [0.25, 0.3) is 22.4 Å². The maximum absolute atomic E-state index is 12.6. The van der Waals surface area contributed by atoms with Gasteiger partial charge in [0.25, 0.3) is 5.22 Å². The van der Waals surface area contributed by atoms with Gasteiger partial charge in [-0.2, -0.15) is 0 Å². The molecule has 4 rings (SSSR count). The third-order valence-corrected chi connectivity index (χ3v) is 5.27. The van der Waals surface area contributed by atoms with Gasteiger partial charge in [0, 0.05) is 17.1 Å². The largest absolute Gasteiger partial charge is 0.411 e. The van der Waals surface area contributed by atoms with Crippen molar-refractivity contribution < 1.29 is 9.21 Å². The molecule has 2 aromatic heterocycles. The molecule has 0 radical (unpaired) electrons. The van der Waals surface area contributed by atoms with Gasteiger partial charge in [-0.15, -0.1) is 10.2 Å². The fraction of sp³-hybridized carbons (Fsp3) is 0.143. The molecule has 0 aliphatic carbocycles. The van der Waals surface area contributed by atoms with Gasteiger partial charge in [0.05, 0.1) is 16.5 Å². The number of thioether (sulfide) groups is 1. The summed E-state index contributed by atoms with van der Waals surface area (Å²) in [4.78, 5) is 17.0. The number of anilines is 1. The van der Waals surface area contributed by atoms with E-state index in [1.807, 2.05) is 61.5 Å². The van der Waals surface area contributed by atoms with E-state index >= 15 is 0 Å². The van der Waals surface area contributed by atoms with Crippen molar-refractivity contribution in [2.45, 2.75) is 24.3 Å². The average Bonchev–Trinajstić information content (AvgIpc) is 3.16. The van der Waals surface area contributed by atoms with Gasteiger partial charge in [0.2, 0.25) is 11.8 Å². The van der Waals surface area contributed by atoms with E-state index < -0.39 is 5.25 Å². The molecule has 0 aliphatic rings. The summed E-state index contributed by atoms with van der Waals surface area (Å²) < 4.78 is 5.74. The second kappa shape index (κ2) is 7.82. The molecule has 2 aromatic carbocycles. The summed E-state index contributed by atoms with van der Waals surface area (Å²) in [6, 6.07) is 17.2. The van der Waals surface area contributed by atoms with Gasteiger partial charge in [-0.1, -0.05) is 36.0 Å². The Morgan fingerprint density at radius 3 is 2.79 bits per heavy atom. The van der Waals surface area contributed by atoms with Gasteiger partial charge in [0.15, 0.2) is 0 Å². The number of fused-ring (bicyclic) bond motifs is 1. The van der Waals surface area contributed by atoms with Crippen molar-refractivity contribution in [2.24, 2.45) is 0 Å². The molecule has 1 amide bonds. The van der Waals surface area contributed by atoms with Gasteiger partial charge in [0.1, 0.15) is 0 Å². The van der Waals surface area contributed by atoms with E-state index in [2.05, 4.69) is 20.5 Å². The molecule has 140 valence electrons. The van der Waals surface area contributed by atoms with Crippen LogP contribution in [-0.4, -0.2) is 26.3 Å². The number of nitrogens with zero attached hydrogens (tertiary/aromatic N) is 3. The van der Waals surface area contributed by atoms with Crippen molar-refractivity contribution >= 4 is 34.3 Å². The highest BCUT2D eigenvalue weighted by molar-refractivity contribution is 8.00. The lowest BCUT2D eigenvalue weighted by molar-refractivity contribution is -0.115. The molecule has 1 N–H and O–H groups in total. The molecule has 0 saturated carbocycles. The van der Waals surface area contributed by atoms with E-state index in [-0.39, 0.29) is 5.91 Å². The lowest BCUT2D eigenvalue weighted by atomic mass is 10.1. The number of amides is 1. The van der Waals surface area contributed by atoms with Crippen molar-refractivity contribution in [3.8, 4) is 11.5 Å². The number of carbonyl (C=O) groups excluding carboxylic acids is 1. The van der Waals surface area contributed by atoms with E-state index in [1.165, 1.54) is 11.8 Å². The van der Waals surface area contributed by atoms with Crippen molar-refractivity contribution in [3.63, 3.8) is 0 Å². The Morgan fingerprint density at radius 2 is 1.93 bits per heavy atom. The number of benzene rings is 2. The number of hydrogen-bond acceptors (Lipinski definition) is 6. The molecule has 2 heterocycles. The van der Waals surface area contributed by atoms with Crippen LogP contribution in [0.15, 0.2) is 70.4 Å². The highest BCUT2D eigenvalue weighted by Gasteiger charge is 2.20. The molecule has 0 spiro atoms. The predicted octanol–water partition coefficient (Wildman–Crippen LogP) is 4.71. The van der Waals surface area contributed by atoms with Crippen LogP contribution in [0, 0.1) is 6.92 Å². The number of aromatic nitrogens is 3. The summed E-state index contributed by atoms with van der Waals surface area (Å²) in [5, 5.41) is 12.0. The number of hydrogen-bond donors (Lipinski definition) is 1. The number of nitrogens with one attached hydrogen (secondary N) is 1. The van der Waals surface area contributed by atoms with Crippen molar-refractivity contribution in [3.05, 3.63) is 66.4 Å². The summed E-state index contributed by atoms with van der Waals surface area (Å²) in [6.45, 7) is 3.79. The van der Waals surface area contributed by atoms with Crippen LogP contribution in [0.2, 0.25) is 0 Å². The van der Waals surface area contributed by atoms with Crippen LogP contribution in [0.5, 0.6) is 0 Å². The van der Waals surface area contributed by atoms with Crippen LogP contribution in [0.1, 0.15) is 12.5 Å². The standard InChI is InChI=1S/C21H18N4O2S/c1-13-7-3-4-8-15(13)20-24-25-21(27-20)28-14(2)19(26)23-18-11-5-10-17-16(18)9-6-12-22-17/h3-12,14H,1-2H3,(H,23,26). The molecular formula is C21H18N4O2S. The van der Waals surface area contributed by atoms with E-state index in [1.54, 1.807) is 13.1 Å². The molecule has 6 nitrogen and oxygen atoms in total. The number of rotatable bonds is 5. The minimum Gasteiger partial charge on any atom is -0.411 e. The first kappa shape index (κ1) is 18.2. The zero-order valence-electron chi connectivity index (χ0n) is 15.4. The number of aryl methyl sites for hydroxylation is 1. The Hall–Kier alpha value is -3.19. The minimum atomic E-state index is -0.405. The quantitative estimate of drug-likeness (QED) is 0.497. The Morgan fingerprint density at radius 1 is 1.07 bits per heavy atom. The van der Waals surface area contributed by atoms with E-state index in [0.29, 0.717) is 11.1 Å². The van der Waals surface area contributed by atoms with E-state index in [9.17, 15) is 4.79 Å². The van der Waals surface area contributed by atoms with E-state index in [0.717, 1.165) is 27.7 Å². The molecular weight excluding hydrogens is 372 g/mol. The number of carbonyl (C=O) groups is 1. The normalized spacial score (nSPS) is 12.1. The lowest BCUT2D eigenvalue weighted by Gasteiger charge is -2.11. The van der Waals surface area contributed by atoms with Crippen LogP contribution < -0.4 is 5.32 Å². The van der Waals surface area contributed by atoms with Gasteiger partial charge >= 0.3 is 0 Å². The smallest absolute Gasteiger partial charge is 0.277 e. The second-order valence-electron chi connectivity index (χ2n) is 6.31. The van der Waals surface area contributed by atoms with Gasteiger partial charge in [-0.3, -0.25) is 9.78 Å². The topological polar surface area (TPSA) is 80.9 Å². The Labute approximate surface area is 166 Å². The second-order valence-corrected chi connectivity index (χ2v) is 7.61. The Balaban J connectivity index is 1.47. The molecule has 4 aromatic rings. The highest BCUT2D eigenvalue weighted by Crippen LogP contribution is 2.29.